The summed E-state index contributed by atoms with van der Waals surface area (Å²) in [6, 6.07) is 5.97. The summed E-state index contributed by atoms with van der Waals surface area (Å²) in [6.45, 7) is 1.93. The van der Waals surface area contributed by atoms with Crippen molar-refractivity contribution in [3.8, 4) is 0 Å². The Morgan fingerprint density at radius 3 is 2.93 bits per heavy atom. The van der Waals surface area contributed by atoms with Gasteiger partial charge in [0.25, 0.3) is 0 Å². The Morgan fingerprint density at radius 1 is 1.60 bits per heavy atom. The zero-order chi connectivity index (χ0) is 10.8. The van der Waals surface area contributed by atoms with Gasteiger partial charge in [0.2, 0.25) is 0 Å². The van der Waals surface area contributed by atoms with Gasteiger partial charge in [0.15, 0.2) is 0 Å². The minimum Gasteiger partial charge on any atom is -0.386 e. The summed E-state index contributed by atoms with van der Waals surface area (Å²) in [6.07, 6.45) is 0.200. The Hall–Kier alpha value is -1.13. The van der Waals surface area contributed by atoms with Gasteiger partial charge in [-0.1, -0.05) is 6.07 Å². The Kier molecular flexibility index (Phi) is 2.88. The van der Waals surface area contributed by atoms with Crippen LogP contribution in [0.3, 0.4) is 0 Å². The summed E-state index contributed by atoms with van der Waals surface area (Å²) in [5, 5.41) is 16.3. The summed E-state index contributed by atoms with van der Waals surface area (Å²) in [5.41, 5.74) is 1.82. The molecule has 0 aliphatic heterocycles. The van der Waals surface area contributed by atoms with Gasteiger partial charge in [-0.3, -0.25) is 4.68 Å². The lowest BCUT2D eigenvalue weighted by atomic mass is 10.1. The van der Waals surface area contributed by atoms with Gasteiger partial charge in [0.1, 0.15) is 6.10 Å². The van der Waals surface area contributed by atoms with E-state index in [-0.39, 0.29) is 0 Å². The minimum atomic E-state index is -0.463. The first kappa shape index (κ1) is 10.4. The molecule has 0 aromatic carbocycles. The predicted molar refractivity (Wildman–Crippen MR) is 60.9 cm³/mol. The zero-order valence-electron chi connectivity index (χ0n) is 8.84. The van der Waals surface area contributed by atoms with Gasteiger partial charge in [-0.15, -0.1) is 11.3 Å². The Balaban J connectivity index is 2.14. The first-order valence-electron chi connectivity index (χ1n) is 4.88. The third-order valence-corrected chi connectivity index (χ3v) is 3.25. The number of aliphatic hydroxyl groups is 1. The van der Waals surface area contributed by atoms with Crippen LogP contribution in [-0.2, 0) is 13.5 Å². The highest BCUT2D eigenvalue weighted by molar-refractivity contribution is 7.09. The molecule has 0 aliphatic rings. The number of thiophene rings is 1. The molecule has 0 amide bonds. The number of aryl methyl sites for hydroxylation is 2. The summed E-state index contributed by atoms with van der Waals surface area (Å²) in [5.74, 6) is 0. The van der Waals surface area contributed by atoms with Crippen LogP contribution >= 0.6 is 11.3 Å². The molecule has 0 saturated carbocycles. The number of hydrogen-bond acceptors (Lipinski definition) is 3. The van der Waals surface area contributed by atoms with Crippen molar-refractivity contribution in [1.82, 2.24) is 9.78 Å². The fourth-order valence-electron chi connectivity index (χ4n) is 1.67. The smallest absolute Gasteiger partial charge is 0.100 e. The van der Waals surface area contributed by atoms with Crippen molar-refractivity contribution in [1.29, 1.82) is 0 Å². The van der Waals surface area contributed by atoms with Gasteiger partial charge in [-0.2, -0.15) is 5.10 Å². The molecular formula is C11H14N2OS. The highest BCUT2D eigenvalue weighted by Gasteiger charge is 2.13. The summed E-state index contributed by atoms with van der Waals surface area (Å²) in [4.78, 5) is 1.20. The van der Waals surface area contributed by atoms with E-state index in [1.54, 1.807) is 16.0 Å². The molecule has 1 N–H and O–H groups in total. The Bertz CT molecular complexity index is 433. The molecule has 0 radical (unpaired) electrons. The number of aromatic nitrogens is 2. The van der Waals surface area contributed by atoms with Crippen molar-refractivity contribution in [2.24, 2.45) is 7.05 Å². The molecule has 0 aliphatic carbocycles. The van der Waals surface area contributed by atoms with Gasteiger partial charge in [0, 0.05) is 18.3 Å². The molecule has 2 aromatic rings. The molecule has 4 heteroatoms. The largest absolute Gasteiger partial charge is 0.386 e. The van der Waals surface area contributed by atoms with E-state index < -0.39 is 6.10 Å². The second-order valence-electron chi connectivity index (χ2n) is 3.63. The second-order valence-corrected chi connectivity index (χ2v) is 4.67. The third kappa shape index (κ3) is 2.27. The second kappa shape index (κ2) is 4.16. The van der Waals surface area contributed by atoms with Crippen molar-refractivity contribution in [2.45, 2.75) is 19.4 Å². The molecule has 2 heterocycles. The number of nitrogens with zero attached hydrogens (tertiary/aromatic N) is 2. The van der Waals surface area contributed by atoms with E-state index in [2.05, 4.69) is 5.10 Å². The van der Waals surface area contributed by atoms with Crippen molar-refractivity contribution >= 4 is 11.3 Å². The summed E-state index contributed by atoms with van der Waals surface area (Å²) >= 11 is 1.67. The number of hydrogen-bond donors (Lipinski definition) is 1. The van der Waals surface area contributed by atoms with E-state index in [1.165, 1.54) is 4.88 Å². The van der Waals surface area contributed by atoms with Crippen LogP contribution in [0.1, 0.15) is 22.4 Å². The quantitative estimate of drug-likeness (QED) is 0.863. The van der Waals surface area contributed by atoms with E-state index in [0.717, 1.165) is 11.4 Å². The van der Waals surface area contributed by atoms with Crippen LogP contribution in [0.2, 0.25) is 0 Å². The molecule has 0 spiro atoms. The van der Waals surface area contributed by atoms with Crippen LogP contribution < -0.4 is 0 Å². The minimum absolute atomic E-state index is 0.463. The number of rotatable bonds is 3. The van der Waals surface area contributed by atoms with E-state index in [9.17, 15) is 5.11 Å². The van der Waals surface area contributed by atoms with Crippen molar-refractivity contribution in [3.05, 3.63) is 39.8 Å². The van der Waals surface area contributed by atoms with E-state index in [1.807, 2.05) is 37.6 Å². The standard InChI is InChI=1S/C11H14N2OS/c1-8-6-10(13(2)12-8)11(14)7-9-4-3-5-15-9/h3-6,11,14H,7H2,1-2H3. The summed E-state index contributed by atoms with van der Waals surface area (Å²) in [7, 11) is 1.86. The fraction of sp³-hybridized carbons (Fsp3) is 0.364. The van der Waals surface area contributed by atoms with Gasteiger partial charge in [0.05, 0.1) is 11.4 Å². The molecule has 0 bridgehead atoms. The average Bonchev–Trinajstić information content (AvgIpc) is 2.75. The third-order valence-electron chi connectivity index (χ3n) is 2.35. The van der Waals surface area contributed by atoms with Crippen LogP contribution in [-0.4, -0.2) is 14.9 Å². The highest BCUT2D eigenvalue weighted by atomic mass is 32.1. The molecule has 2 aromatic heterocycles. The van der Waals surface area contributed by atoms with Crippen molar-refractivity contribution in [3.63, 3.8) is 0 Å². The maximum absolute atomic E-state index is 10.0. The van der Waals surface area contributed by atoms with Crippen LogP contribution in [0, 0.1) is 6.92 Å². The van der Waals surface area contributed by atoms with Crippen LogP contribution in [0.5, 0.6) is 0 Å². The maximum Gasteiger partial charge on any atom is 0.100 e. The molecule has 2 rings (SSSR count). The van der Waals surface area contributed by atoms with Gasteiger partial charge >= 0.3 is 0 Å². The SMILES string of the molecule is Cc1cc(C(O)Cc2cccs2)n(C)n1. The first-order valence-corrected chi connectivity index (χ1v) is 5.76. The lowest BCUT2D eigenvalue weighted by molar-refractivity contribution is 0.169. The molecule has 15 heavy (non-hydrogen) atoms. The Morgan fingerprint density at radius 2 is 2.40 bits per heavy atom. The lowest BCUT2D eigenvalue weighted by Crippen LogP contribution is -2.07. The molecule has 3 nitrogen and oxygen atoms in total. The molecule has 1 atom stereocenters. The monoisotopic (exact) mass is 222 g/mol. The zero-order valence-corrected chi connectivity index (χ0v) is 9.66. The number of aliphatic hydroxyl groups excluding tert-OH is 1. The topological polar surface area (TPSA) is 38.0 Å². The molecule has 80 valence electrons. The van der Waals surface area contributed by atoms with Crippen molar-refractivity contribution in [2.75, 3.05) is 0 Å². The predicted octanol–water partition coefficient (Wildman–Crippen LogP) is 2.07. The van der Waals surface area contributed by atoms with Gasteiger partial charge in [-0.25, -0.2) is 0 Å². The summed E-state index contributed by atoms with van der Waals surface area (Å²) < 4.78 is 1.74. The van der Waals surface area contributed by atoms with Gasteiger partial charge in [-0.05, 0) is 24.4 Å². The van der Waals surface area contributed by atoms with Crippen LogP contribution in [0.15, 0.2) is 23.6 Å². The van der Waals surface area contributed by atoms with Crippen LogP contribution in [0.25, 0.3) is 0 Å². The molecule has 0 saturated heterocycles. The average molecular weight is 222 g/mol. The Labute approximate surface area is 93.0 Å². The molecule has 0 fully saturated rings. The van der Waals surface area contributed by atoms with Crippen LogP contribution in [0.4, 0.5) is 0 Å². The maximum atomic E-state index is 10.0. The van der Waals surface area contributed by atoms with E-state index in [0.29, 0.717) is 6.42 Å². The molecule has 1 unspecified atom stereocenters. The fourth-order valence-corrected chi connectivity index (χ4v) is 2.41. The molecular weight excluding hydrogens is 208 g/mol. The lowest BCUT2D eigenvalue weighted by Gasteiger charge is -2.09. The van der Waals surface area contributed by atoms with Gasteiger partial charge < -0.3 is 5.11 Å². The van der Waals surface area contributed by atoms with E-state index in [4.69, 9.17) is 0 Å². The van der Waals surface area contributed by atoms with Crippen molar-refractivity contribution < 1.29 is 5.11 Å². The first-order chi connectivity index (χ1) is 7.16. The highest BCUT2D eigenvalue weighted by Crippen LogP contribution is 2.21. The normalized spacial score (nSPS) is 13.0. The van der Waals surface area contributed by atoms with E-state index >= 15 is 0 Å².